The summed E-state index contributed by atoms with van der Waals surface area (Å²) in [5.74, 6) is 0. The maximum atomic E-state index is 2.49. The van der Waals surface area contributed by atoms with Crippen molar-refractivity contribution < 1.29 is 0 Å². The lowest BCUT2D eigenvalue weighted by Crippen LogP contribution is -2.14. The number of anilines is 3. The smallest absolute Gasteiger partial charge is 0.0543 e. The van der Waals surface area contributed by atoms with Gasteiger partial charge in [0, 0.05) is 38.2 Å². The first-order valence-electron chi connectivity index (χ1n) is 21.3. The van der Waals surface area contributed by atoms with Gasteiger partial charge < -0.3 is 9.47 Å². The number of nitrogens with zero attached hydrogens (tertiary/aromatic N) is 2. The Bertz CT molecular complexity index is 3440. The van der Waals surface area contributed by atoms with Gasteiger partial charge in [0.2, 0.25) is 0 Å². The molecule has 61 heavy (non-hydrogen) atoms. The second-order valence-electron chi connectivity index (χ2n) is 16.9. The number of benzene rings is 10. The van der Waals surface area contributed by atoms with Crippen molar-refractivity contribution in [3.05, 3.63) is 230 Å². The SMILES string of the molecule is CC1(C)c2ccccc2-c2c(-n3c4ccccc4c4cc(-c5cccc(-c6cccc(N(c7cccc8ccccc78)c7cccc8ccccc78)c6)c5)ccc43)cccc21. The third kappa shape index (κ3) is 5.49. The topological polar surface area (TPSA) is 8.17 Å². The van der Waals surface area contributed by atoms with E-state index in [1.54, 1.807) is 0 Å². The van der Waals surface area contributed by atoms with Crippen molar-refractivity contribution in [3.8, 4) is 39.1 Å². The Balaban J connectivity index is 0.983. The molecule has 10 aromatic carbocycles. The van der Waals surface area contributed by atoms with Crippen molar-refractivity contribution in [2.24, 2.45) is 0 Å². The monoisotopic (exact) mass is 778 g/mol. The maximum Gasteiger partial charge on any atom is 0.0543 e. The van der Waals surface area contributed by atoms with Crippen molar-refractivity contribution in [2.75, 3.05) is 4.90 Å². The number of hydrogen-bond acceptors (Lipinski definition) is 1. The molecule has 0 saturated heterocycles. The predicted molar refractivity (Wildman–Crippen MR) is 259 cm³/mol. The van der Waals surface area contributed by atoms with Crippen LogP contribution in [0.2, 0.25) is 0 Å². The lowest BCUT2D eigenvalue weighted by Gasteiger charge is -2.28. The van der Waals surface area contributed by atoms with Gasteiger partial charge in [0.05, 0.1) is 28.1 Å². The summed E-state index contributed by atoms with van der Waals surface area (Å²) < 4.78 is 2.49. The first kappa shape index (κ1) is 35.3. The van der Waals surface area contributed by atoms with E-state index in [-0.39, 0.29) is 5.41 Å². The van der Waals surface area contributed by atoms with Crippen LogP contribution in [0.5, 0.6) is 0 Å². The van der Waals surface area contributed by atoms with Crippen LogP contribution in [-0.2, 0) is 5.41 Å². The Labute approximate surface area is 356 Å². The summed E-state index contributed by atoms with van der Waals surface area (Å²) in [5, 5.41) is 7.38. The van der Waals surface area contributed by atoms with Crippen molar-refractivity contribution in [3.63, 3.8) is 0 Å². The molecular formula is C59H42N2. The molecule has 1 aliphatic rings. The van der Waals surface area contributed by atoms with E-state index in [1.807, 2.05) is 0 Å². The molecule has 0 unspecified atom stereocenters. The fraction of sp³-hybridized carbons (Fsp3) is 0.0508. The highest BCUT2D eigenvalue weighted by Crippen LogP contribution is 2.52. The number of aromatic nitrogens is 1. The van der Waals surface area contributed by atoms with Crippen LogP contribution in [0.15, 0.2) is 218 Å². The molecule has 0 amide bonds. The number of hydrogen-bond donors (Lipinski definition) is 0. The Kier molecular flexibility index (Phi) is 7.92. The third-order valence-corrected chi connectivity index (χ3v) is 13.1. The van der Waals surface area contributed by atoms with Crippen LogP contribution in [0, 0.1) is 0 Å². The van der Waals surface area contributed by atoms with E-state index >= 15 is 0 Å². The van der Waals surface area contributed by atoms with E-state index in [9.17, 15) is 0 Å². The molecule has 11 aromatic rings. The summed E-state index contributed by atoms with van der Waals surface area (Å²) in [4.78, 5) is 2.43. The molecule has 0 N–H and O–H groups in total. The molecule has 1 aliphatic carbocycles. The van der Waals surface area contributed by atoms with Crippen LogP contribution in [0.3, 0.4) is 0 Å². The predicted octanol–water partition coefficient (Wildman–Crippen LogP) is 16.2. The molecule has 0 atom stereocenters. The van der Waals surface area contributed by atoms with Gasteiger partial charge in [0.25, 0.3) is 0 Å². The Morgan fingerprint density at radius 1 is 0.377 bits per heavy atom. The zero-order valence-electron chi connectivity index (χ0n) is 34.2. The molecule has 0 saturated carbocycles. The average Bonchev–Trinajstić information content (AvgIpc) is 3.77. The fourth-order valence-corrected chi connectivity index (χ4v) is 10.3. The largest absolute Gasteiger partial charge is 0.309 e. The first-order valence-corrected chi connectivity index (χ1v) is 21.3. The number of rotatable bonds is 6. The molecule has 288 valence electrons. The van der Waals surface area contributed by atoms with E-state index in [0.29, 0.717) is 0 Å². The van der Waals surface area contributed by atoms with Gasteiger partial charge >= 0.3 is 0 Å². The van der Waals surface area contributed by atoms with Crippen molar-refractivity contribution in [1.82, 2.24) is 4.57 Å². The van der Waals surface area contributed by atoms with Crippen LogP contribution in [-0.4, -0.2) is 4.57 Å². The molecule has 0 fully saturated rings. The van der Waals surface area contributed by atoms with E-state index in [0.717, 1.165) is 17.1 Å². The van der Waals surface area contributed by atoms with E-state index in [1.165, 1.54) is 93.5 Å². The van der Waals surface area contributed by atoms with E-state index in [4.69, 9.17) is 0 Å². The van der Waals surface area contributed by atoms with Gasteiger partial charge in [-0.3, -0.25) is 0 Å². The highest BCUT2D eigenvalue weighted by atomic mass is 15.1. The van der Waals surface area contributed by atoms with Gasteiger partial charge in [-0.05, 0) is 104 Å². The normalized spacial score (nSPS) is 12.9. The summed E-state index contributed by atoms with van der Waals surface area (Å²) in [6.45, 7) is 4.71. The first-order chi connectivity index (χ1) is 30.0. The van der Waals surface area contributed by atoms with Crippen LogP contribution >= 0.6 is 0 Å². The minimum Gasteiger partial charge on any atom is -0.309 e. The summed E-state index contributed by atoms with van der Waals surface area (Å²) in [5.41, 5.74) is 17.2. The standard InChI is InChI=1S/C59H42N2/c1-59(2)51-28-9-7-27-49(51)58-52(59)29-15-33-57(58)61-55-30-10-8-26-48(55)50-38-44(34-35-56(50)61)42-21-11-20-41(36-42)43-22-12-23-45(37-43)60(53-31-13-18-39-16-3-5-24-46(39)53)54-32-14-19-40-17-4-6-25-47(40)54/h3-38H,1-2H3. The van der Waals surface area contributed by atoms with E-state index in [2.05, 4.69) is 242 Å². The fourth-order valence-electron chi connectivity index (χ4n) is 10.3. The molecule has 0 bridgehead atoms. The van der Waals surface area contributed by atoms with Crippen LogP contribution in [0.4, 0.5) is 17.1 Å². The van der Waals surface area contributed by atoms with Crippen LogP contribution < -0.4 is 4.90 Å². The highest BCUT2D eigenvalue weighted by molar-refractivity contribution is 6.11. The minimum absolute atomic E-state index is 0.0669. The zero-order chi connectivity index (χ0) is 40.7. The molecule has 2 heteroatoms. The van der Waals surface area contributed by atoms with Crippen molar-refractivity contribution in [1.29, 1.82) is 0 Å². The molecule has 12 rings (SSSR count). The summed E-state index contributed by atoms with van der Waals surface area (Å²) in [7, 11) is 0. The minimum atomic E-state index is -0.0669. The molecule has 1 heterocycles. The lowest BCUT2D eigenvalue weighted by molar-refractivity contribution is 0.660. The number of para-hydroxylation sites is 1. The van der Waals surface area contributed by atoms with Crippen molar-refractivity contribution >= 4 is 60.4 Å². The summed E-state index contributed by atoms with van der Waals surface area (Å²) in [6.07, 6.45) is 0. The molecule has 0 aliphatic heterocycles. The zero-order valence-corrected chi connectivity index (χ0v) is 34.2. The maximum absolute atomic E-state index is 2.49. The van der Waals surface area contributed by atoms with Gasteiger partial charge in [-0.1, -0.05) is 178 Å². The second-order valence-corrected chi connectivity index (χ2v) is 16.9. The van der Waals surface area contributed by atoms with Gasteiger partial charge in [-0.15, -0.1) is 0 Å². The van der Waals surface area contributed by atoms with E-state index < -0.39 is 0 Å². The van der Waals surface area contributed by atoms with Gasteiger partial charge in [-0.2, -0.15) is 0 Å². The summed E-state index contributed by atoms with van der Waals surface area (Å²) in [6, 6.07) is 80.4. The van der Waals surface area contributed by atoms with Gasteiger partial charge in [0.15, 0.2) is 0 Å². The van der Waals surface area contributed by atoms with Gasteiger partial charge in [-0.25, -0.2) is 0 Å². The number of fused-ring (bicyclic) bond motifs is 8. The molecule has 0 spiro atoms. The Hall–Kier alpha value is -7.68. The van der Waals surface area contributed by atoms with Gasteiger partial charge in [0.1, 0.15) is 0 Å². The molecule has 0 radical (unpaired) electrons. The second kappa shape index (κ2) is 13.7. The Morgan fingerprint density at radius 2 is 0.902 bits per heavy atom. The third-order valence-electron chi connectivity index (χ3n) is 13.1. The lowest BCUT2D eigenvalue weighted by atomic mass is 9.82. The van der Waals surface area contributed by atoms with Crippen molar-refractivity contribution in [2.45, 2.75) is 19.3 Å². The van der Waals surface area contributed by atoms with Crippen LogP contribution in [0.25, 0.3) is 82.4 Å². The molecular weight excluding hydrogens is 737 g/mol. The quantitative estimate of drug-likeness (QED) is 0.163. The summed E-state index contributed by atoms with van der Waals surface area (Å²) >= 11 is 0. The molecule has 1 aromatic heterocycles. The average molecular weight is 779 g/mol. The Morgan fingerprint density at radius 3 is 1.64 bits per heavy atom. The molecule has 2 nitrogen and oxygen atoms in total. The highest BCUT2D eigenvalue weighted by Gasteiger charge is 2.37. The van der Waals surface area contributed by atoms with Crippen LogP contribution in [0.1, 0.15) is 25.0 Å².